The molecule has 3 rings (SSSR count). The van der Waals surface area contributed by atoms with E-state index in [2.05, 4.69) is 15.0 Å². The number of pyridine rings is 1. The number of nitrogens with zero attached hydrogens (tertiary/aromatic N) is 4. The smallest absolute Gasteiger partial charge is 0.264 e. The second-order valence-electron chi connectivity index (χ2n) is 4.10. The lowest BCUT2D eigenvalue weighted by Crippen LogP contribution is -1.96. The maximum absolute atomic E-state index is 11.4. The number of fused-ring (bicyclic) bond motifs is 2. The summed E-state index contributed by atoms with van der Waals surface area (Å²) >= 11 is 1.46. The van der Waals surface area contributed by atoms with Crippen LogP contribution in [-0.2, 0) is 0 Å². The molecule has 0 atom stereocenters. The number of nitro benzene ring substituents is 1. The maximum atomic E-state index is 11.4. The molecule has 0 fully saturated rings. The first kappa shape index (κ1) is 12.7. The minimum Gasteiger partial charge on any atom is -0.264 e. The molecule has 1 aromatic carbocycles. The predicted molar refractivity (Wildman–Crippen MR) is 77.9 cm³/mol. The van der Waals surface area contributed by atoms with Crippen molar-refractivity contribution < 1.29 is 4.92 Å². The van der Waals surface area contributed by atoms with Gasteiger partial charge in [0.05, 0.1) is 10.3 Å². The zero-order valence-electron chi connectivity index (χ0n) is 10.6. The molecular weight excluding hydrogens is 276 g/mol. The van der Waals surface area contributed by atoms with E-state index in [-0.39, 0.29) is 5.69 Å². The molecule has 0 aliphatic carbocycles. The van der Waals surface area contributed by atoms with Crippen LogP contribution in [0, 0.1) is 10.1 Å². The largest absolute Gasteiger partial charge is 0.303 e. The highest BCUT2D eigenvalue weighted by atomic mass is 32.2. The summed E-state index contributed by atoms with van der Waals surface area (Å²) in [5.74, 6) is 0.816. The lowest BCUT2D eigenvalue weighted by atomic mass is 10.1. The molecule has 0 radical (unpaired) electrons. The van der Waals surface area contributed by atoms with Gasteiger partial charge in [0, 0.05) is 29.4 Å². The molecule has 3 aromatic rings. The number of rotatable bonds is 3. The Bertz CT molecular complexity index is 822. The van der Waals surface area contributed by atoms with Gasteiger partial charge in [0.2, 0.25) is 0 Å². The van der Waals surface area contributed by atoms with Gasteiger partial charge < -0.3 is 0 Å². The molecule has 0 bridgehead atoms. The minimum absolute atomic E-state index is 0.0141. The van der Waals surface area contributed by atoms with Gasteiger partial charge in [-0.2, -0.15) is 0 Å². The van der Waals surface area contributed by atoms with Crippen LogP contribution in [0.4, 0.5) is 5.69 Å². The average Bonchev–Trinajstić information content (AvgIpc) is 2.44. The first-order valence-corrected chi connectivity index (χ1v) is 7.00. The summed E-state index contributed by atoms with van der Waals surface area (Å²) < 4.78 is 0. The van der Waals surface area contributed by atoms with Crippen LogP contribution in [0.2, 0.25) is 0 Å². The van der Waals surface area contributed by atoms with Crippen LogP contribution < -0.4 is 0 Å². The van der Waals surface area contributed by atoms with Crippen LogP contribution in [0.15, 0.2) is 35.9 Å². The van der Waals surface area contributed by atoms with Crippen molar-refractivity contribution in [2.45, 2.75) is 12.1 Å². The van der Waals surface area contributed by atoms with Gasteiger partial charge in [-0.1, -0.05) is 18.7 Å². The fraction of sp³-hybridized carbons (Fsp3) is 0.154. The Morgan fingerprint density at radius 1 is 1.35 bits per heavy atom. The van der Waals surface area contributed by atoms with E-state index in [1.54, 1.807) is 24.7 Å². The number of aromatic nitrogens is 3. The van der Waals surface area contributed by atoms with E-state index in [0.29, 0.717) is 26.8 Å². The van der Waals surface area contributed by atoms with Crippen molar-refractivity contribution in [3.05, 3.63) is 40.8 Å². The molecular formula is C13H10N4O2S. The Morgan fingerprint density at radius 3 is 2.95 bits per heavy atom. The van der Waals surface area contributed by atoms with Gasteiger partial charge >= 0.3 is 5.69 Å². The highest BCUT2D eigenvalue weighted by molar-refractivity contribution is 7.99. The van der Waals surface area contributed by atoms with Crippen LogP contribution in [0.25, 0.3) is 21.7 Å². The standard InChI is InChI=1S/C13H10N4O2S/c1-2-20-13-15-7-9-5-8-6-14-4-3-10(8)12(17(18)19)11(9)16-13/h3-7H,2H2,1H3. The van der Waals surface area contributed by atoms with E-state index >= 15 is 0 Å². The second kappa shape index (κ2) is 5.01. The topological polar surface area (TPSA) is 81.8 Å². The highest BCUT2D eigenvalue weighted by Gasteiger charge is 2.19. The fourth-order valence-electron chi connectivity index (χ4n) is 2.09. The summed E-state index contributed by atoms with van der Waals surface area (Å²) in [6.45, 7) is 1.98. The van der Waals surface area contributed by atoms with Crippen molar-refractivity contribution in [3.8, 4) is 0 Å². The molecule has 100 valence electrons. The molecule has 0 N–H and O–H groups in total. The first-order valence-electron chi connectivity index (χ1n) is 6.01. The third kappa shape index (κ3) is 2.05. The Balaban J connectivity index is 2.42. The van der Waals surface area contributed by atoms with E-state index < -0.39 is 4.92 Å². The SMILES string of the molecule is CCSc1ncc2cc3cnccc3c([N+](=O)[O-])c2n1. The van der Waals surface area contributed by atoms with Gasteiger partial charge in [0.25, 0.3) is 0 Å². The van der Waals surface area contributed by atoms with E-state index in [0.717, 1.165) is 5.75 Å². The molecule has 7 heteroatoms. The first-order chi connectivity index (χ1) is 9.70. The molecule has 0 amide bonds. The quantitative estimate of drug-likeness (QED) is 0.242. The zero-order chi connectivity index (χ0) is 14.1. The molecule has 0 aliphatic heterocycles. The van der Waals surface area contributed by atoms with Gasteiger partial charge in [-0.25, -0.2) is 9.97 Å². The zero-order valence-corrected chi connectivity index (χ0v) is 11.4. The molecule has 0 unspecified atom stereocenters. The second-order valence-corrected chi connectivity index (χ2v) is 5.33. The molecule has 20 heavy (non-hydrogen) atoms. The summed E-state index contributed by atoms with van der Waals surface area (Å²) in [5.41, 5.74) is 0.389. The minimum atomic E-state index is -0.391. The van der Waals surface area contributed by atoms with Crippen molar-refractivity contribution in [1.29, 1.82) is 0 Å². The molecule has 2 heterocycles. The van der Waals surface area contributed by atoms with Crippen molar-refractivity contribution in [2.75, 3.05) is 5.75 Å². The number of hydrogen-bond acceptors (Lipinski definition) is 6. The number of hydrogen-bond donors (Lipinski definition) is 0. The van der Waals surface area contributed by atoms with Crippen LogP contribution >= 0.6 is 11.8 Å². The summed E-state index contributed by atoms with van der Waals surface area (Å²) in [5, 5.41) is 13.9. The van der Waals surface area contributed by atoms with E-state index in [9.17, 15) is 10.1 Å². The van der Waals surface area contributed by atoms with Crippen LogP contribution in [0.5, 0.6) is 0 Å². The van der Waals surface area contributed by atoms with Gasteiger partial charge in [-0.05, 0) is 17.9 Å². The van der Waals surface area contributed by atoms with E-state index in [1.165, 1.54) is 11.8 Å². The Labute approximate surface area is 118 Å². The normalized spacial score (nSPS) is 11.1. The van der Waals surface area contributed by atoms with Crippen LogP contribution in [0.3, 0.4) is 0 Å². The van der Waals surface area contributed by atoms with Gasteiger partial charge in [0.15, 0.2) is 10.7 Å². The van der Waals surface area contributed by atoms with Gasteiger partial charge in [0.1, 0.15) is 0 Å². The van der Waals surface area contributed by atoms with Crippen LogP contribution in [0.1, 0.15) is 6.92 Å². The summed E-state index contributed by atoms with van der Waals surface area (Å²) in [6.07, 6.45) is 4.78. The Hall–Kier alpha value is -2.28. The lowest BCUT2D eigenvalue weighted by molar-refractivity contribution is -0.381. The highest BCUT2D eigenvalue weighted by Crippen LogP contribution is 2.33. The summed E-state index contributed by atoms with van der Waals surface area (Å²) in [6, 6.07) is 3.46. The molecule has 6 nitrogen and oxygen atoms in total. The Kier molecular flexibility index (Phi) is 3.19. The van der Waals surface area contributed by atoms with Gasteiger partial charge in [-0.3, -0.25) is 15.1 Å². The summed E-state index contributed by atoms with van der Waals surface area (Å²) in [4.78, 5) is 23.6. The van der Waals surface area contributed by atoms with Crippen molar-refractivity contribution in [3.63, 3.8) is 0 Å². The third-order valence-corrected chi connectivity index (χ3v) is 3.64. The third-order valence-electron chi connectivity index (χ3n) is 2.89. The van der Waals surface area contributed by atoms with Crippen LogP contribution in [-0.4, -0.2) is 25.6 Å². The lowest BCUT2D eigenvalue weighted by Gasteiger charge is -2.04. The maximum Gasteiger partial charge on any atom is 0.303 e. The number of thioether (sulfide) groups is 1. The molecule has 0 saturated heterocycles. The molecule has 2 aromatic heterocycles. The average molecular weight is 286 g/mol. The van der Waals surface area contributed by atoms with E-state index in [1.807, 2.05) is 13.0 Å². The van der Waals surface area contributed by atoms with Crippen molar-refractivity contribution >= 4 is 39.1 Å². The molecule has 0 saturated carbocycles. The van der Waals surface area contributed by atoms with E-state index in [4.69, 9.17) is 0 Å². The Morgan fingerprint density at radius 2 is 2.20 bits per heavy atom. The fourth-order valence-corrected chi connectivity index (χ4v) is 2.63. The predicted octanol–water partition coefficient (Wildman–Crippen LogP) is 3.20. The number of nitro groups is 1. The molecule has 0 aliphatic rings. The van der Waals surface area contributed by atoms with Crippen molar-refractivity contribution in [1.82, 2.24) is 15.0 Å². The monoisotopic (exact) mass is 286 g/mol. The van der Waals surface area contributed by atoms with Gasteiger partial charge in [-0.15, -0.1) is 0 Å². The molecule has 0 spiro atoms. The number of non-ortho nitro benzene ring substituents is 1. The number of benzene rings is 1. The summed E-state index contributed by atoms with van der Waals surface area (Å²) in [7, 11) is 0. The van der Waals surface area contributed by atoms with Crippen molar-refractivity contribution in [2.24, 2.45) is 0 Å².